The molecular formula is C10H17N3S. The number of hydrogen-bond donors (Lipinski definition) is 1. The highest BCUT2D eigenvalue weighted by Gasteiger charge is 2.48. The lowest BCUT2D eigenvalue weighted by molar-refractivity contribution is 0.618. The van der Waals surface area contributed by atoms with Crippen molar-refractivity contribution in [3.05, 3.63) is 10.0 Å². The summed E-state index contributed by atoms with van der Waals surface area (Å²) in [6, 6.07) is 0. The van der Waals surface area contributed by atoms with Crippen LogP contribution in [0.2, 0.25) is 0 Å². The first-order valence-electron chi connectivity index (χ1n) is 5.16. The van der Waals surface area contributed by atoms with Crippen LogP contribution in [-0.4, -0.2) is 16.7 Å². The Morgan fingerprint density at radius 2 is 2.21 bits per heavy atom. The van der Waals surface area contributed by atoms with Crippen LogP contribution < -0.4 is 5.32 Å². The van der Waals surface area contributed by atoms with Crippen molar-refractivity contribution in [3.63, 3.8) is 0 Å². The molecule has 0 spiro atoms. The van der Waals surface area contributed by atoms with Gasteiger partial charge < -0.3 is 5.32 Å². The van der Waals surface area contributed by atoms with Gasteiger partial charge >= 0.3 is 0 Å². The molecule has 1 aliphatic rings. The lowest BCUT2D eigenvalue weighted by atomic mass is 10.1. The van der Waals surface area contributed by atoms with Gasteiger partial charge in [0.2, 0.25) is 0 Å². The van der Waals surface area contributed by atoms with Gasteiger partial charge in [-0.3, -0.25) is 0 Å². The predicted octanol–water partition coefficient (Wildman–Crippen LogP) is 2.16. The van der Waals surface area contributed by atoms with Crippen LogP contribution in [0.15, 0.2) is 0 Å². The van der Waals surface area contributed by atoms with Gasteiger partial charge in [0.15, 0.2) is 0 Å². The van der Waals surface area contributed by atoms with Gasteiger partial charge in [0.25, 0.3) is 0 Å². The number of nitrogens with zero attached hydrogens (tertiary/aromatic N) is 2. The summed E-state index contributed by atoms with van der Waals surface area (Å²) in [5.74, 6) is 0.662. The van der Waals surface area contributed by atoms with E-state index in [1.165, 1.54) is 11.4 Å². The van der Waals surface area contributed by atoms with Gasteiger partial charge in [0.05, 0.1) is 0 Å². The van der Waals surface area contributed by atoms with E-state index in [9.17, 15) is 0 Å². The van der Waals surface area contributed by atoms with Crippen LogP contribution in [0.3, 0.4) is 0 Å². The van der Waals surface area contributed by atoms with Gasteiger partial charge in [0.1, 0.15) is 10.0 Å². The number of hydrogen-bond acceptors (Lipinski definition) is 4. The van der Waals surface area contributed by atoms with Crippen molar-refractivity contribution in [2.45, 2.75) is 39.7 Å². The predicted molar refractivity (Wildman–Crippen MR) is 58.4 cm³/mol. The summed E-state index contributed by atoms with van der Waals surface area (Å²) in [4.78, 5) is 0. The van der Waals surface area contributed by atoms with Crippen LogP contribution in [0.4, 0.5) is 0 Å². The smallest absolute Gasteiger partial charge is 0.131 e. The van der Waals surface area contributed by atoms with Crippen LogP contribution >= 0.6 is 11.3 Å². The Morgan fingerprint density at radius 3 is 2.79 bits per heavy atom. The van der Waals surface area contributed by atoms with Crippen LogP contribution in [-0.2, 0) is 6.54 Å². The first-order valence-corrected chi connectivity index (χ1v) is 5.98. The molecule has 14 heavy (non-hydrogen) atoms. The summed E-state index contributed by atoms with van der Waals surface area (Å²) >= 11 is 1.76. The molecule has 0 saturated heterocycles. The van der Waals surface area contributed by atoms with Gasteiger partial charge in [-0.1, -0.05) is 32.1 Å². The van der Waals surface area contributed by atoms with Crippen molar-refractivity contribution in [1.29, 1.82) is 0 Å². The van der Waals surface area contributed by atoms with Gasteiger partial charge in [-0.25, -0.2) is 0 Å². The molecule has 0 aliphatic heterocycles. The maximum Gasteiger partial charge on any atom is 0.131 e. The molecule has 0 aromatic carbocycles. The van der Waals surface area contributed by atoms with Gasteiger partial charge in [-0.2, -0.15) is 0 Å². The number of rotatable bonds is 4. The monoisotopic (exact) mass is 211 g/mol. The summed E-state index contributed by atoms with van der Waals surface area (Å²) < 4.78 is 0. The van der Waals surface area contributed by atoms with E-state index < -0.39 is 0 Å². The number of nitrogens with one attached hydrogen (secondary N) is 1. The fourth-order valence-electron chi connectivity index (χ4n) is 1.60. The Morgan fingerprint density at radius 1 is 1.50 bits per heavy atom. The summed E-state index contributed by atoms with van der Waals surface area (Å²) in [5, 5.41) is 14.0. The maximum atomic E-state index is 4.26. The lowest BCUT2D eigenvalue weighted by Crippen LogP contribution is -2.11. The van der Waals surface area contributed by atoms with E-state index in [-0.39, 0.29) is 0 Å². The van der Waals surface area contributed by atoms with Crippen LogP contribution in [0.5, 0.6) is 0 Å². The first-order chi connectivity index (χ1) is 6.63. The van der Waals surface area contributed by atoms with E-state index >= 15 is 0 Å². The average molecular weight is 211 g/mol. The average Bonchev–Trinajstić information content (AvgIpc) is 2.63. The minimum absolute atomic E-state index is 0.467. The topological polar surface area (TPSA) is 37.8 Å². The minimum Gasteiger partial charge on any atom is -0.311 e. The molecule has 2 rings (SSSR count). The summed E-state index contributed by atoms with van der Waals surface area (Å²) in [6.45, 7) is 8.54. The Hall–Kier alpha value is -0.480. The molecule has 1 unspecified atom stereocenters. The van der Waals surface area contributed by atoms with E-state index in [2.05, 4.69) is 36.3 Å². The molecule has 1 N–H and O–H groups in total. The molecule has 0 bridgehead atoms. The van der Waals surface area contributed by atoms with Crippen molar-refractivity contribution in [2.24, 2.45) is 5.41 Å². The highest BCUT2D eigenvalue weighted by atomic mass is 32.1. The zero-order valence-electron chi connectivity index (χ0n) is 9.00. The second-order valence-corrected chi connectivity index (χ2v) is 5.65. The maximum absolute atomic E-state index is 4.26. The van der Waals surface area contributed by atoms with E-state index in [1.807, 2.05) is 0 Å². The molecule has 1 aliphatic carbocycles. The van der Waals surface area contributed by atoms with Crippen LogP contribution in [0.1, 0.15) is 43.1 Å². The molecule has 1 fully saturated rings. The fourth-order valence-corrected chi connectivity index (χ4v) is 2.72. The third-order valence-corrected chi connectivity index (χ3v) is 3.86. The van der Waals surface area contributed by atoms with Gasteiger partial charge in [-0.05, 0) is 18.4 Å². The molecule has 0 radical (unpaired) electrons. The molecular weight excluding hydrogens is 194 g/mol. The Balaban J connectivity index is 1.97. The molecule has 78 valence electrons. The lowest BCUT2D eigenvalue weighted by Gasteiger charge is -1.97. The van der Waals surface area contributed by atoms with E-state index in [0.717, 1.165) is 18.1 Å². The molecule has 1 atom stereocenters. The summed E-state index contributed by atoms with van der Waals surface area (Å²) in [7, 11) is 0. The fraction of sp³-hybridized carbons (Fsp3) is 0.800. The quantitative estimate of drug-likeness (QED) is 0.829. The third kappa shape index (κ3) is 1.96. The van der Waals surface area contributed by atoms with Gasteiger partial charge in [0, 0.05) is 12.5 Å². The Bertz CT molecular complexity index is 319. The zero-order valence-corrected chi connectivity index (χ0v) is 9.82. The van der Waals surface area contributed by atoms with Crippen molar-refractivity contribution >= 4 is 11.3 Å². The normalized spacial score (nSPS) is 23.8. The molecule has 1 aromatic heterocycles. The number of aromatic nitrogens is 2. The zero-order chi connectivity index (χ0) is 10.2. The largest absolute Gasteiger partial charge is 0.311 e. The molecule has 3 nitrogen and oxygen atoms in total. The van der Waals surface area contributed by atoms with Crippen molar-refractivity contribution in [2.75, 3.05) is 6.54 Å². The minimum atomic E-state index is 0.467. The Kier molecular flexibility index (Phi) is 2.58. The van der Waals surface area contributed by atoms with Crippen LogP contribution in [0, 0.1) is 5.41 Å². The third-order valence-electron chi connectivity index (χ3n) is 2.82. The summed E-state index contributed by atoms with van der Waals surface area (Å²) in [6.07, 6.45) is 1.27. The van der Waals surface area contributed by atoms with Crippen molar-refractivity contribution in [3.8, 4) is 0 Å². The van der Waals surface area contributed by atoms with Crippen LogP contribution in [0.25, 0.3) is 0 Å². The molecule has 4 heteroatoms. The second-order valence-electron chi connectivity index (χ2n) is 4.56. The van der Waals surface area contributed by atoms with Crippen molar-refractivity contribution < 1.29 is 0 Å². The van der Waals surface area contributed by atoms with E-state index in [0.29, 0.717) is 11.3 Å². The molecule has 1 heterocycles. The summed E-state index contributed by atoms with van der Waals surface area (Å²) in [5.41, 5.74) is 0.467. The van der Waals surface area contributed by atoms with Gasteiger partial charge in [-0.15, -0.1) is 10.2 Å². The van der Waals surface area contributed by atoms with E-state index in [1.54, 1.807) is 11.3 Å². The first kappa shape index (κ1) is 10.1. The van der Waals surface area contributed by atoms with E-state index in [4.69, 9.17) is 0 Å². The highest BCUT2D eigenvalue weighted by molar-refractivity contribution is 7.11. The highest BCUT2D eigenvalue weighted by Crippen LogP contribution is 2.58. The second kappa shape index (κ2) is 3.59. The standard InChI is InChI=1S/C10H17N3S/c1-4-11-6-8-12-13-9(14-8)7-5-10(7,2)3/h7,11H,4-6H2,1-3H3. The Labute approximate surface area is 88.9 Å². The SMILES string of the molecule is CCNCc1nnc(C2CC2(C)C)s1. The molecule has 1 aromatic rings. The van der Waals surface area contributed by atoms with Crippen molar-refractivity contribution in [1.82, 2.24) is 15.5 Å². The molecule has 1 saturated carbocycles. The molecule has 0 amide bonds.